The fourth-order valence-electron chi connectivity index (χ4n) is 9.20. The molecule has 0 unspecified atom stereocenters. The number of hydrogen-bond acceptors (Lipinski definition) is 18. The molecule has 0 aliphatic heterocycles. The fraction of sp³-hybridized carbons (Fsp3) is 0.0941. The molecule has 0 saturated carbocycles. The zero-order valence-corrected chi connectivity index (χ0v) is 73.2. The van der Waals surface area contributed by atoms with E-state index in [4.69, 9.17) is 24.2 Å². The standard InChI is InChI=1S/C15H12N.C13H8NO.C13H8NS.C11H6NS2.C9H7NO.C9H6NO.3C5H8O2.5Ir/c1-2-6-12(7-3-1)15-10-13-8-4-5-9-14(13)11-16-15;2*1-2-6-10(7-3-1)13-14-11-8-4-5-9-12(11)15-13;1-2-5-9-8(4-1)12-11(14-9)10-6-3-7-13-10;11-8-5-1-3-7-4-2-6-10-9(7)8;1-2-4-8(5-3-1)9-10-6-7-11-9;3*1-4(6)3-5(2)7;;;;;/h1-2,4-5,8-11H,3,7H2;2*1-6,8-9H;1-5,7H;1-6,11H;1-4,6-7H;3*3,6H,1-2H3;;;;;/q4*-1;;-1;;;;;;;;. The number of nitrogens with zero attached hydrogens (tertiary/aromatic N) is 6. The summed E-state index contributed by atoms with van der Waals surface area (Å²) in [5, 5.41) is 41.9. The van der Waals surface area contributed by atoms with Gasteiger partial charge in [0.05, 0.1) is 46.3 Å². The largest absolute Gasteiger partial charge is 0.512 e. The Bertz CT molecular complexity index is 5030. The third-order valence-electron chi connectivity index (χ3n) is 13.5. The first-order chi connectivity index (χ1) is 50.0. The predicted molar refractivity (Wildman–Crippen MR) is 416 cm³/mol. The van der Waals surface area contributed by atoms with Gasteiger partial charge in [-0.05, 0) is 107 Å². The van der Waals surface area contributed by atoms with Gasteiger partial charge in [0, 0.05) is 156 Å². The SMILES string of the molecule is CC(=O)C=C(C)O.CC(=O)C=C(C)O.CC(=O)C=C(C)O.Oc1cccc2cccnc12.[C-]1=C(c2cc3ccccc3cn2)CCC=C1.[Ir].[Ir].[Ir].[Ir].[Ir].[c-]1ccccc1-c1nc2ccccc2o1.[c-]1ccccc1-c1nc2ccccc2s1.[c-]1ccccc1-c1ncco1.[c-]1ccsc1-c1nc2ccccc2s1. The topological polar surface area (TPSA) is 236 Å². The van der Waals surface area contributed by atoms with E-state index in [0.717, 1.165) is 77.6 Å². The molecule has 108 heavy (non-hydrogen) atoms. The molecule has 7 aromatic heterocycles. The van der Waals surface area contributed by atoms with Crippen molar-refractivity contribution in [3.63, 3.8) is 0 Å². The number of allylic oxidation sites excluding steroid dienone is 10. The average Bonchev–Trinajstić information content (AvgIpc) is 1.77. The van der Waals surface area contributed by atoms with Crippen molar-refractivity contribution in [2.24, 2.45) is 0 Å². The maximum Gasteiger partial charge on any atom is 0.155 e. The number of hydrogen-bond donors (Lipinski definition) is 4. The van der Waals surface area contributed by atoms with E-state index in [0.29, 0.717) is 17.3 Å². The number of ketones is 3. The van der Waals surface area contributed by atoms with E-state index in [1.165, 1.54) is 85.5 Å². The summed E-state index contributed by atoms with van der Waals surface area (Å²) < 4.78 is 13.2. The van der Waals surface area contributed by atoms with Gasteiger partial charge in [-0.25, -0.2) is 11.3 Å². The number of aliphatic hydroxyl groups excluding tert-OH is 3. The summed E-state index contributed by atoms with van der Waals surface area (Å²) in [6, 6.07) is 81.3. The van der Waals surface area contributed by atoms with Crippen LogP contribution in [0.3, 0.4) is 0 Å². The van der Waals surface area contributed by atoms with Crippen molar-refractivity contribution in [3.8, 4) is 49.1 Å². The van der Waals surface area contributed by atoms with Gasteiger partial charge in [0.15, 0.2) is 17.3 Å². The summed E-state index contributed by atoms with van der Waals surface area (Å²) >= 11 is 5.11. The molecule has 16 rings (SSSR count). The van der Waals surface area contributed by atoms with Gasteiger partial charge in [-0.2, -0.15) is 53.0 Å². The van der Waals surface area contributed by atoms with Crippen molar-refractivity contribution < 1.29 is 144 Å². The van der Waals surface area contributed by atoms with Crippen LogP contribution in [0, 0.1) is 30.3 Å². The Morgan fingerprint density at radius 3 is 1.48 bits per heavy atom. The van der Waals surface area contributed by atoms with Crippen LogP contribution in [-0.4, -0.2) is 67.7 Å². The summed E-state index contributed by atoms with van der Waals surface area (Å²) in [5.74, 6) is 1.29. The third kappa shape index (κ3) is 32.0. The number of aromatic nitrogens is 6. The first-order valence-electron chi connectivity index (χ1n) is 32.1. The Kier molecular flexibility index (Phi) is 43.5. The van der Waals surface area contributed by atoms with Gasteiger partial charge in [0.25, 0.3) is 0 Å². The number of pyridine rings is 2. The van der Waals surface area contributed by atoms with Crippen LogP contribution in [0.4, 0.5) is 0 Å². The summed E-state index contributed by atoms with van der Waals surface area (Å²) in [5.41, 5.74) is 9.61. The van der Waals surface area contributed by atoms with Crippen LogP contribution in [0.2, 0.25) is 0 Å². The van der Waals surface area contributed by atoms with Crippen LogP contribution in [0.25, 0.3) is 102 Å². The number of benzene rings is 8. The van der Waals surface area contributed by atoms with Gasteiger partial charge in [0.1, 0.15) is 28.6 Å². The van der Waals surface area contributed by atoms with Crippen LogP contribution in [0.1, 0.15) is 60.1 Å². The van der Waals surface area contributed by atoms with Crippen LogP contribution >= 0.6 is 34.0 Å². The van der Waals surface area contributed by atoms with E-state index in [9.17, 15) is 19.5 Å². The second-order valence-corrected chi connectivity index (χ2v) is 25.0. The number of aliphatic hydroxyl groups is 3. The number of phenolic OH excluding ortho intramolecular Hbond substituents is 1. The van der Waals surface area contributed by atoms with Gasteiger partial charge in [-0.3, -0.25) is 39.3 Å². The smallest absolute Gasteiger partial charge is 0.155 e. The molecule has 0 fully saturated rings. The number of para-hydroxylation sites is 5. The maximum atomic E-state index is 10.0. The quantitative estimate of drug-likeness (QED) is 0.0629. The van der Waals surface area contributed by atoms with Gasteiger partial charge in [-0.15, -0.1) is 108 Å². The van der Waals surface area contributed by atoms with E-state index in [-0.39, 0.29) is 141 Å². The number of fused-ring (bicyclic) bond motifs is 5. The molecule has 0 spiro atoms. The minimum atomic E-state index is -0.125. The minimum absolute atomic E-state index is 0. The number of aromatic hydroxyl groups is 1. The molecule has 8 aromatic carbocycles. The first kappa shape index (κ1) is 93.1. The van der Waals surface area contributed by atoms with Crippen molar-refractivity contribution in [1.82, 2.24) is 29.9 Å². The molecule has 15 aromatic rings. The zero-order chi connectivity index (χ0) is 73.1. The number of thiazole rings is 2. The van der Waals surface area contributed by atoms with Gasteiger partial charge >= 0.3 is 0 Å². The van der Waals surface area contributed by atoms with E-state index in [1.54, 1.807) is 64.8 Å². The second-order valence-electron chi connectivity index (χ2n) is 22.0. The molecular weight excluding hydrogens is 2310 g/mol. The number of thiophene rings is 1. The van der Waals surface area contributed by atoms with E-state index >= 15 is 0 Å². The summed E-state index contributed by atoms with van der Waals surface area (Å²) in [6.45, 7) is 8.54. The molecule has 7 heterocycles. The molecule has 0 amide bonds. The van der Waals surface area contributed by atoms with Gasteiger partial charge < -0.3 is 34.2 Å². The van der Waals surface area contributed by atoms with Crippen molar-refractivity contribution >= 4 is 110 Å². The van der Waals surface area contributed by atoms with Gasteiger partial charge in [0.2, 0.25) is 0 Å². The summed E-state index contributed by atoms with van der Waals surface area (Å²) in [4.78, 5) is 57.2. The third-order valence-corrected chi connectivity index (χ3v) is 16.6. The molecule has 563 valence electrons. The van der Waals surface area contributed by atoms with Crippen LogP contribution in [-0.2, 0) is 115 Å². The number of carbonyl (C=O) groups excluding carboxylic acids is 3. The Labute approximate surface area is 706 Å². The molecule has 0 bridgehead atoms. The molecule has 4 N–H and O–H groups in total. The van der Waals surface area contributed by atoms with E-state index < -0.39 is 0 Å². The van der Waals surface area contributed by atoms with Crippen molar-refractivity contribution in [1.29, 1.82) is 0 Å². The monoisotopic (exact) mass is 2380 g/mol. The normalized spacial score (nSPS) is 10.9. The molecule has 1 aliphatic rings. The predicted octanol–water partition coefficient (Wildman–Crippen LogP) is 21.8. The molecule has 23 heteroatoms. The van der Waals surface area contributed by atoms with Crippen molar-refractivity contribution in [2.75, 3.05) is 0 Å². The second kappa shape index (κ2) is 50.5. The molecular formula is C85H71Ir5N6O9S3-5. The molecule has 1 aliphatic carbocycles. The Morgan fingerprint density at radius 1 is 0.481 bits per heavy atom. The van der Waals surface area contributed by atoms with Crippen molar-refractivity contribution in [3.05, 3.63) is 326 Å². The van der Waals surface area contributed by atoms with Crippen LogP contribution in [0.5, 0.6) is 5.75 Å². The molecule has 5 radical (unpaired) electrons. The fourth-order valence-corrected chi connectivity index (χ4v) is 11.8. The zero-order valence-electron chi connectivity index (χ0n) is 58.8. The number of phenols is 1. The molecule has 0 saturated heterocycles. The summed E-state index contributed by atoms with van der Waals surface area (Å²) in [6.07, 6.45) is 19.8. The van der Waals surface area contributed by atoms with Gasteiger partial charge in [-0.1, -0.05) is 114 Å². The number of oxazole rings is 2. The molecule has 0 atom stereocenters. The van der Waals surface area contributed by atoms with Crippen molar-refractivity contribution in [2.45, 2.75) is 54.4 Å². The first-order valence-corrected chi connectivity index (χ1v) is 34.6. The Balaban J connectivity index is 0.000000318. The number of carbonyl (C=O) groups is 3. The Morgan fingerprint density at radius 2 is 0.991 bits per heavy atom. The Hall–Kier alpha value is -9.10. The summed E-state index contributed by atoms with van der Waals surface area (Å²) in [7, 11) is 0. The average molecular weight is 2380 g/mol. The van der Waals surface area contributed by atoms with Crippen LogP contribution in [0.15, 0.2) is 299 Å². The maximum absolute atomic E-state index is 10.0. The van der Waals surface area contributed by atoms with Crippen LogP contribution < -0.4 is 0 Å². The minimum Gasteiger partial charge on any atom is -0.512 e. The molecule has 15 nitrogen and oxygen atoms in total. The van der Waals surface area contributed by atoms with E-state index in [1.807, 2.05) is 181 Å². The van der Waals surface area contributed by atoms with E-state index in [2.05, 4.69) is 103 Å². The number of rotatable bonds is 8.